The van der Waals surface area contributed by atoms with Gasteiger partial charge in [-0.05, 0) is 54.6 Å². The Balaban J connectivity index is 0.000000748. The maximum atomic E-state index is 12.9. The molecule has 42 heavy (non-hydrogen) atoms. The molecule has 1 amide bonds. The first-order chi connectivity index (χ1) is 19.9. The first-order valence-electron chi connectivity index (χ1n) is 12.7. The van der Waals surface area contributed by atoms with E-state index >= 15 is 0 Å². The number of pyridine rings is 2. The number of aromatic nitrogens is 2. The van der Waals surface area contributed by atoms with Gasteiger partial charge in [0.1, 0.15) is 14.1 Å². The number of anilines is 7. The lowest BCUT2D eigenvalue weighted by Gasteiger charge is -2.13. The number of benzene rings is 3. The van der Waals surface area contributed by atoms with Gasteiger partial charge in [-0.1, -0.05) is 0 Å². The fourth-order valence-corrected chi connectivity index (χ4v) is 4.13. The van der Waals surface area contributed by atoms with Gasteiger partial charge in [0.15, 0.2) is 18.6 Å². The highest BCUT2D eigenvalue weighted by Gasteiger charge is 2.14. The van der Waals surface area contributed by atoms with Crippen molar-refractivity contribution in [2.75, 3.05) is 33.7 Å². The molecule has 5 aromatic rings. The van der Waals surface area contributed by atoms with E-state index in [9.17, 15) is 4.79 Å². The van der Waals surface area contributed by atoms with Crippen LogP contribution in [0.4, 0.5) is 39.8 Å². The number of carbonyl (C=O) groups excluding carboxylic acids is 1. The van der Waals surface area contributed by atoms with Crippen LogP contribution in [0.15, 0.2) is 97.5 Å². The Kier molecular flexibility index (Phi) is 8.89. The number of nitrogen functional groups attached to an aromatic ring is 2. The van der Waals surface area contributed by atoms with Crippen LogP contribution in [0.25, 0.3) is 10.9 Å². The Morgan fingerprint density at radius 1 is 0.762 bits per heavy atom. The van der Waals surface area contributed by atoms with E-state index in [-0.39, 0.29) is 5.91 Å². The molecule has 0 aliphatic carbocycles. The molecule has 2 aromatic heterocycles. The van der Waals surface area contributed by atoms with Crippen molar-refractivity contribution in [1.29, 1.82) is 0 Å². The van der Waals surface area contributed by atoms with E-state index in [2.05, 4.69) is 16.0 Å². The highest BCUT2D eigenvalue weighted by molar-refractivity contribution is 7.84. The fraction of sp³-hybridized carbons (Fsp3) is 0.100. The number of rotatable bonds is 6. The molecular formula is C30H32N7O4S+. The van der Waals surface area contributed by atoms with Crippen molar-refractivity contribution in [2.45, 2.75) is 0 Å². The van der Waals surface area contributed by atoms with Gasteiger partial charge in [0.25, 0.3) is 5.91 Å². The number of nitrogens with two attached hydrogens (primary N) is 2. The SMILES string of the molecule is CS(=O)(=O)[O-].C[n+]1ccc(Nc2ccc(NC(=O)c3ccc(Nc4cc[n+](C)c5ccc(N)cc45)cc3N)cc2)cc1. The molecule has 12 heteroatoms. The molecule has 0 saturated carbocycles. The fourth-order valence-electron chi connectivity index (χ4n) is 4.13. The molecule has 0 aliphatic rings. The first-order valence-corrected chi connectivity index (χ1v) is 14.6. The Bertz CT molecular complexity index is 1840. The van der Waals surface area contributed by atoms with Crippen molar-refractivity contribution in [2.24, 2.45) is 14.1 Å². The normalized spacial score (nSPS) is 10.9. The number of carbonyl (C=O) groups is 1. The lowest BCUT2D eigenvalue weighted by molar-refractivity contribution is -0.671. The van der Waals surface area contributed by atoms with E-state index in [4.69, 9.17) is 24.4 Å². The van der Waals surface area contributed by atoms with Crippen LogP contribution in [0.5, 0.6) is 0 Å². The van der Waals surface area contributed by atoms with E-state index in [0.29, 0.717) is 28.9 Å². The summed E-state index contributed by atoms with van der Waals surface area (Å²) in [6.07, 6.45) is 6.53. The Morgan fingerprint density at radius 2 is 1.36 bits per heavy atom. The van der Waals surface area contributed by atoms with Gasteiger partial charge in [-0.2, -0.15) is 0 Å². The average molecular weight is 587 g/mol. The molecule has 0 unspecified atom stereocenters. The maximum absolute atomic E-state index is 12.9. The van der Waals surface area contributed by atoms with Crippen LogP contribution in [0, 0.1) is 0 Å². The van der Waals surface area contributed by atoms with Crippen LogP contribution in [0.3, 0.4) is 0 Å². The van der Waals surface area contributed by atoms with Gasteiger partial charge in [0, 0.05) is 59.0 Å². The molecule has 0 spiro atoms. The standard InChI is InChI=1S/C29H27N7O.CH4O3S/c1-35-14-11-22(12-15-35)32-20-4-6-21(7-5-20)34-29(37)24-9-8-23(18-26(24)31)33-27-13-16-36(2)28-10-3-19(30)17-25(27)28;1-5(2,3)4/h3-18H,30H2,1-2H3,(H3,31,34,37);1H3,(H,2,3,4)/p+1. The van der Waals surface area contributed by atoms with Crippen molar-refractivity contribution in [3.05, 3.63) is 103 Å². The molecule has 5 rings (SSSR count). The molecule has 0 radical (unpaired) electrons. The van der Waals surface area contributed by atoms with E-state index in [0.717, 1.165) is 33.7 Å². The first kappa shape index (κ1) is 29.8. The third-order valence-electron chi connectivity index (χ3n) is 6.14. The number of amides is 1. The topological polar surface area (TPSA) is 170 Å². The summed E-state index contributed by atoms with van der Waals surface area (Å²) in [5, 5.41) is 10.6. The van der Waals surface area contributed by atoms with Crippen LogP contribution in [-0.2, 0) is 24.2 Å². The van der Waals surface area contributed by atoms with Crippen LogP contribution < -0.4 is 36.6 Å². The lowest BCUT2D eigenvalue weighted by Crippen LogP contribution is -2.28. The molecule has 0 saturated heterocycles. The second-order valence-corrected chi connectivity index (χ2v) is 11.1. The van der Waals surface area contributed by atoms with Gasteiger partial charge >= 0.3 is 0 Å². The van der Waals surface area contributed by atoms with Gasteiger partial charge in [0.2, 0.25) is 5.52 Å². The number of hydrogen-bond acceptors (Lipinski definition) is 8. The Hall–Kier alpha value is -5.20. The zero-order valence-corrected chi connectivity index (χ0v) is 24.1. The molecule has 0 aliphatic heterocycles. The van der Waals surface area contributed by atoms with Gasteiger partial charge in [-0.15, -0.1) is 0 Å². The summed E-state index contributed by atoms with van der Waals surface area (Å²) in [4.78, 5) is 12.9. The number of hydrogen-bond donors (Lipinski definition) is 5. The summed E-state index contributed by atoms with van der Waals surface area (Å²) in [7, 11) is 0.0424. The van der Waals surface area contributed by atoms with Crippen LogP contribution in [0.1, 0.15) is 10.4 Å². The highest BCUT2D eigenvalue weighted by atomic mass is 32.2. The van der Waals surface area contributed by atoms with Crippen molar-refractivity contribution in [3.63, 3.8) is 0 Å². The van der Waals surface area contributed by atoms with Crippen LogP contribution >= 0.6 is 0 Å². The molecule has 0 bridgehead atoms. The Morgan fingerprint density at radius 3 is 2.00 bits per heavy atom. The van der Waals surface area contributed by atoms with Crippen molar-refractivity contribution in [3.8, 4) is 0 Å². The minimum Gasteiger partial charge on any atom is -0.748 e. The number of aryl methyl sites for hydroxylation is 2. The molecule has 3 aromatic carbocycles. The van der Waals surface area contributed by atoms with Crippen LogP contribution in [-0.4, -0.2) is 25.1 Å². The number of nitrogens with one attached hydrogen (secondary N) is 3. The monoisotopic (exact) mass is 586 g/mol. The minimum absolute atomic E-state index is 0.273. The molecule has 7 N–H and O–H groups in total. The third kappa shape index (κ3) is 8.16. The molecule has 0 fully saturated rings. The molecule has 216 valence electrons. The molecule has 2 heterocycles. The predicted molar refractivity (Wildman–Crippen MR) is 165 cm³/mol. The zero-order chi connectivity index (χ0) is 30.4. The van der Waals surface area contributed by atoms with Crippen molar-refractivity contribution in [1.82, 2.24) is 0 Å². The maximum Gasteiger partial charge on any atom is 0.257 e. The average Bonchev–Trinajstić information content (AvgIpc) is 2.92. The van der Waals surface area contributed by atoms with E-state index in [1.165, 1.54) is 0 Å². The highest BCUT2D eigenvalue weighted by Crippen LogP contribution is 2.28. The van der Waals surface area contributed by atoms with E-state index in [1.807, 2.05) is 109 Å². The Labute approximate surface area is 244 Å². The van der Waals surface area contributed by atoms with Gasteiger partial charge in [-0.25, -0.2) is 17.6 Å². The smallest absolute Gasteiger partial charge is 0.257 e. The molecule has 0 atom stereocenters. The summed E-state index contributed by atoms with van der Waals surface area (Å²) in [5.74, 6) is -0.273. The van der Waals surface area contributed by atoms with E-state index < -0.39 is 10.1 Å². The van der Waals surface area contributed by atoms with Crippen molar-refractivity contribution >= 4 is 66.7 Å². The quantitative estimate of drug-likeness (QED) is 0.114. The number of fused-ring (bicyclic) bond motifs is 1. The second-order valence-electron chi connectivity index (χ2n) is 9.66. The molecule has 11 nitrogen and oxygen atoms in total. The summed E-state index contributed by atoms with van der Waals surface area (Å²) in [6.45, 7) is 0. The zero-order valence-electron chi connectivity index (χ0n) is 23.3. The second kappa shape index (κ2) is 12.5. The van der Waals surface area contributed by atoms with Crippen LogP contribution in [0.2, 0.25) is 0 Å². The van der Waals surface area contributed by atoms with Gasteiger partial charge in [0.05, 0.1) is 32.4 Å². The molecular weight excluding hydrogens is 554 g/mol. The summed E-state index contributed by atoms with van der Waals surface area (Å²) in [6, 6.07) is 24.6. The predicted octanol–water partition coefficient (Wildman–Crippen LogP) is 3.55. The summed E-state index contributed by atoms with van der Waals surface area (Å²) in [5.41, 5.74) is 19.1. The summed E-state index contributed by atoms with van der Waals surface area (Å²) < 4.78 is 31.2. The van der Waals surface area contributed by atoms with Gasteiger partial charge < -0.3 is 32.0 Å². The minimum atomic E-state index is -3.92. The van der Waals surface area contributed by atoms with Crippen molar-refractivity contribution < 1.29 is 26.9 Å². The van der Waals surface area contributed by atoms with E-state index in [1.54, 1.807) is 12.1 Å². The number of nitrogens with zero attached hydrogens (tertiary/aromatic N) is 2. The third-order valence-corrected chi connectivity index (χ3v) is 6.14. The lowest BCUT2D eigenvalue weighted by atomic mass is 10.1. The largest absolute Gasteiger partial charge is 0.748 e. The van der Waals surface area contributed by atoms with Gasteiger partial charge in [-0.3, -0.25) is 4.79 Å². The summed E-state index contributed by atoms with van der Waals surface area (Å²) >= 11 is 0.